The number of rotatable bonds is 3. The standard InChI is InChI=1S/C17H21FN4O/c1-12-4-2-8-21(16(12)11-19)17(23)13-5-6-15(14(18)10-13)22-9-3-7-20-22/h3,5-7,9-10,12,16H,2,4,8,11,19H2,1H3. The van der Waals surface area contributed by atoms with Gasteiger partial charge in [-0.1, -0.05) is 6.92 Å². The summed E-state index contributed by atoms with van der Waals surface area (Å²) < 4.78 is 15.8. The minimum atomic E-state index is -0.464. The van der Waals surface area contributed by atoms with Gasteiger partial charge in [0, 0.05) is 37.1 Å². The summed E-state index contributed by atoms with van der Waals surface area (Å²) in [6, 6.07) is 6.26. The Hall–Kier alpha value is -2.21. The average molecular weight is 316 g/mol. The highest BCUT2D eigenvalue weighted by molar-refractivity contribution is 5.94. The SMILES string of the molecule is CC1CCCN(C(=O)c2ccc(-n3cccn3)c(F)c2)C1CN. The van der Waals surface area contributed by atoms with Gasteiger partial charge in [-0.25, -0.2) is 9.07 Å². The van der Waals surface area contributed by atoms with E-state index in [2.05, 4.69) is 12.0 Å². The Morgan fingerprint density at radius 1 is 1.48 bits per heavy atom. The van der Waals surface area contributed by atoms with Crippen LogP contribution in [0.3, 0.4) is 0 Å². The quantitative estimate of drug-likeness (QED) is 0.944. The summed E-state index contributed by atoms with van der Waals surface area (Å²) in [5.41, 5.74) is 6.52. The number of nitrogens with zero attached hydrogens (tertiary/aromatic N) is 3. The number of benzene rings is 1. The van der Waals surface area contributed by atoms with Gasteiger partial charge in [0.25, 0.3) is 5.91 Å². The first kappa shape index (κ1) is 15.7. The molecule has 0 spiro atoms. The monoisotopic (exact) mass is 316 g/mol. The molecule has 0 saturated carbocycles. The number of nitrogens with two attached hydrogens (primary N) is 1. The molecule has 122 valence electrons. The summed E-state index contributed by atoms with van der Waals surface area (Å²) >= 11 is 0. The van der Waals surface area contributed by atoms with Crippen LogP contribution in [0.2, 0.25) is 0 Å². The molecule has 2 atom stereocenters. The molecule has 1 saturated heterocycles. The van der Waals surface area contributed by atoms with Gasteiger partial charge in [-0.3, -0.25) is 4.79 Å². The normalized spacial score (nSPS) is 21.4. The van der Waals surface area contributed by atoms with Crippen LogP contribution < -0.4 is 5.73 Å². The lowest BCUT2D eigenvalue weighted by atomic mass is 9.90. The van der Waals surface area contributed by atoms with Gasteiger partial charge >= 0.3 is 0 Å². The van der Waals surface area contributed by atoms with Crippen molar-refractivity contribution >= 4 is 5.91 Å². The maximum atomic E-state index is 14.3. The number of halogens is 1. The van der Waals surface area contributed by atoms with Crippen molar-refractivity contribution in [2.45, 2.75) is 25.8 Å². The highest BCUT2D eigenvalue weighted by Gasteiger charge is 2.31. The molecule has 2 N–H and O–H groups in total. The second kappa shape index (κ2) is 6.50. The van der Waals surface area contributed by atoms with E-state index in [1.54, 1.807) is 35.5 Å². The van der Waals surface area contributed by atoms with Crippen LogP contribution in [0, 0.1) is 11.7 Å². The van der Waals surface area contributed by atoms with Gasteiger partial charge in [0.2, 0.25) is 0 Å². The first-order valence-corrected chi connectivity index (χ1v) is 7.92. The molecule has 3 rings (SSSR count). The fourth-order valence-electron chi connectivity index (χ4n) is 3.26. The first-order chi connectivity index (χ1) is 11.1. The lowest BCUT2D eigenvalue weighted by Gasteiger charge is -2.39. The summed E-state index contributed by atoms with van der Waals surface area (Å²) in [6.45, 7) is 3.21. The maximum absolute atomic E-state index is 14.3. The minimum absolute atomic E-state index is 0.0186. The summed E-state index contributed by atoms with van der Waals surface area (Å²) in [5, 5.41) is 4.01. The second-order valence-corrected chi connectivity index (χ2v) is 6.04. The Labute approximate surface area is 134 Å². The Morgan fingerprint density at radius 2 is 2.30 bits per heavy atom. The maximum Gasteiger partial charge on any atom is 0.254 e. The molecule has 6 heteroatoms. The van der Waals surface area contributed by atoms with Crippen LogP contribution in [-0.2, 0) is 0 Å². The third kappa shape index (κ3) is 2.99. The molecule has 0 radical (unpaired) electrons. The van der Waals surface area contributed by atoms with E-state index in [0.717, 1.165) is 12.8 Å². The van der Waals surface area contributed by atoms with E-state index in [1.807, 2.05) is 0 Å². The lowest BCUT2D eigenvalue weighted by molar-refractivity contribution is 0.0532. The highest BCUT2D eigenvalue weighted by Crippen LogP contribution is 2.25. The van der Waals surface area contributed by atoms with Crippen molar-refractivity contribution in [1.29, 1.82) is 0 Å². The van der Waals surface area contributed by atoms with Crippen molar-refractivity contribution in [3.63, 3.8) is 0 Å². The van der Waals surface area contributed by atoms with Gasteiger partial charge in [-0.2, -0.15) is 5.10 Å². The number of piperidine rings is 1. The van der Waals surface area contributed by atoms with Crippen LogP contribution in [-0.4, -0.2) is 39.7 Å². The van der Waals surface area contributed by atoms with Gasteiger partial charge in [-0.15, -0.1) is 0 Å². The Kier molecular flexibility index (Phi) is 4.43. The van der Waals surface area contributed by atoms with Crippen LogP contribution in [0.1, 0.15) is 30.1 Å². The number of aromatic nitrogens is 2. The Balaban J connectivity index is 1.86. The molecular weight excluding hydrogens is 295 g/mol. The number of hydrogen-bond donors (Lipinski definition) is 1. The molecule has 23 heavy (non-hydrogen) atoms. The van der Waals surface area contributed by atoms with Crippen LogP contribution in [0.4, 0.5) is 4.39 Å². The van der Waals surface area contributed by atoms with Crippen LogP contribution in [0.25, 0.3) is 5.69 Å². The Morgan fingerprint density at radius 3 is 2.96 bits per heavy atom. The predicted octanol–water partition coefficient (Wildman–Crippen LogP) is 2.21. The van der Waals surface area contributed by atoms with Gasteiger partial charge in [0.05, 0.1) is 0 Å². The second-order valence-electron chi connectivity index (χ2n) is 6.04. The van der Waals surface area contributed by atoms with Crippen LogP contribution in [0.5, 0.6) is 0 Å². The van der Waals surface area contributed by atoms with Gasteiger partial charge in [0.1, 0.15) is 11.5 Å². The van der Waals surface area contributed by atoms with Crippen molar-refractivity contribution in [2.24, 2.45) is 11.7 Å². The fraction of sp³-hybridized carbons (Fsp3) is 0.412. The molecule has 0 aliphatic carbocycles. The zero-order valence-corrected chi connectivity index (χ0v) is 13.2. The molecule has 1 aromatic carbocycles. The number of amides is 1. The Bertz CT molecular complexity index is 686. The highest BCUT2D eigenvalue weighted by atomic mass is 19.1. The summed E-state index contributed by atoms with van der Waals surface area (Å²) in [6.07, 6.45) is 5.27. The molecule has 2 unspecified atom stereocenters. The third-order valence-corrected chi connectivity index (χ3v) is 4.56. The molecule has 1 aliphatic rings. The average Bonchev–Trinajstić information content (AvgIpc) is 3.08. The molecule has 0 bridgehead atoms. The molecule has 1 aliphatic heterocycles. The van der Waals surface area contributed by atoms with Crippen molar-refractivity contribution in [2.75, 3.05) is 13.1 Å². The third-order valence-electron chi connectivity index (χ3n) is 4.56. The smallest absolute Gasteiger partial charge is 0.254 e. The topological polar surface area (TPSA) is 64.2 Å². The zero-order valence-electron chi connectivity index (χ0n) is 13.2. The van der Waals surface area contributed by atoms with Crippen LogP contribution >= 0.6 is 0 Å². The number of likely N-dealkylation sites (tertiary alicyclic amines) is 1. The van der Waals surface area contributed by atoms with E-state index in [9.17, 15) is 9.18 Å². The number of hydrogen-bond acceptors (Lipinski definition) is 3. The van der Waals surface area contributed by atoms with Crippen molar-refractivity contribution in [3.8, 4) is 5.69 Å². The predicted molar refractivity (Wildman–Crippen MR) is 85.8 cm³/mol. The fourth-order valence-corrected chi connectivity index (χ4v) is 3.26. The molecule has 1 fully saturated rings. The number of carbonyl (C=O) groups is 1. The minimum Gasteiger partial charge on any atom is -0.334 e. The van der Waals surface area contributed by atoms with E-state index in [0.29, 0.717) is 30.3 Å². The van der Waals surface area contributed by atoms with Crippen molar-refractivity contribution in [3.05, 3.63) is 48.0 Å². The van der Waals surface area contributed by atoms with Crippen LogP contribution in [0.15, 0.2) is 36.7 Å². The van der Waals surface area contributed by atoms with E-state index < -0.39 is 5.82 Å². The molecule has 2 heterocycles. The summed E-state index contributed by atoms with van der Waals surface area (Å²) in [5.74, 6) is -0.252. The zero-order chi connectivity index (χ0) is 16.4. The number of carbonyl (C=O) groups excluding carboxylic acids is 1. The lowest BCUT2D eigenvalue weighted by Crippen LogP contribution is -2.51. The molecule has 2 aromatic rings. The van der Waals surface area contributed by atoms with E-state index in [4.69, 9.17) is 5.73 Å². The van der Waals surface area contributed by atoms with Gasteiger partial charge in [-0.05, 0) is 43.0 Å². The largest absolute Gasteiger partial charge is 0.334 e. The van der Waals surface area contributed by atoms with E-state index >= 15 is 0 Å². The first-order valence-electron chi connectivity index (χ1n) is 7.92. The molecule has 5 nitrogen and oxygen atoms in total. The van der Waals surface area contributed by atoms with Gasteiger partial charge in [0.15, 0.2) is 0 Å². The molecule has 1 aromatic heterocycles. The molecule has 1 amide bonds. The van der Waals surface area contributed by atoms with E-state index in [-0.39, 0.29) is 11.9 Å². The summed E-state index contributed by atoms with van der Waals surface area (Å²) in [4.78, 5) is 14.5. The van der Waals surface area contributed by atoms with Gasteiger partial charge < -0.3 is 10.6 Å². The summed E-state index contributed by atoms with van der Waals surface area (Å²) in [7, 11) is 0. The van der Waals surface area contributed by atoms with Crippen molar-refractivity contribution in [1.82, 2.24) is 14.7 Å². The molecular formula is C17H21FN4O. The van der Waals surface area contributed by atoms with E-state index in [1.165, 1.54) is 10.7 Å². The van der Waals surface area contributed by atoms with Crippen molar-refractivity contribution < 1.29 is 9.18 Å².